The molecule has 5 nitrogen and oxygen atoms in total. The molecule has 0 unspecified atom stereocenters. The lowest BCUT2D eigenvalue weighted by atomic mass is 10.1. The molecule has 0 atom stereocenters. The van der Waals surface area contributed by atoms with Gasteiger partial charge in [0.1, 0.15) is 0 Å². The van der Waals surface area contributed by atoms with Gasteiger partial charge in [-0.25, -0.2) is 0 Å². The lowest BCUT2D eigenvalue weighted by Gasteiger charge is -2.07. The second-order valence-corrected chi connectivity index (χ2v) is 6.00. The summed E-state index contributed by atoms with van der Waals surface area (Å²) in [6.07, 6.45) is -2.07. The minimum absolute atomic E-state index is 0.104. The zero-order chi connectivity index (χ0) is 17.9. The van der Waals surface area contributed by atoms with Crippen molar-refractivity contribution < 1.29 is 18.0 Å². The summed E-state index contributed by atoms with van der Waals surface area (Å²) in [5.41, 5.74) is 1.11. The number of hydrogen-bond acceptors (Lipinski definition) is 5. The Morgan fingerprint density at radius 2 is 1.92 bits per heavy atom. The highest BCUT2D eigenvalue weighted by Gasteiger charge is 2.30. The van der Waals surface area contributed by atoms with E-state index in [1.807, 2.05) is 0 Å². The van der Waals surface area contributed by atoms with Crippen LogP contribution < -0.4 is 5.32 Å². The molecule has 1 N–H and O–H groups in total. The monoisotopic (exact) mass is 364 g/mol. The largest absolute Gasteiger partial charge is 0.417 e. The first-order valence-electron chi connectivity index (χ1n) is 7.09. The predicted octanol–water partition coefficient (Wildman–Crippen LogP) is 3.32. The fraction of sp³-hybridized carbons (Fsp3) is 0.125. The SMILES string of the molecule is O=C1CSC(=NN=Cc2ccc(-c3ccc(C(F)(F)F)cn3)cc2)N1. The zero-order valence-corrected chi connectivity index (χ0v) is 13.4. The van der Waals surface area contributed by atoms with Gasteiger partial charge in [0.05, 0.1) is 23.2 Å². The number of hydrogen-bond donors (Lipinski definition) is 1. The molecule has 0 bridgehead atoms. The first-order valence-corrected chi connectivity index (χ1v) is 8.08. The molecule has 1 aliphatic heterocycles. The lowest BCUT2D eigenvalue weighted by Crippen LogP contribution is -2.19. The molecule has 25 heavy (non-hydrogen) atoms. The number of thioether (sulfide) groups is 1. The summed E-state index contributed by atoms with van der Waals surface area (Å²) in [4.78, 5) is 14.8. The number of rotatable bonds is 3. The van der Waals surface area contributed by atoms with Crippen LogP contribution in [0.4, 0.5) is 13.2 Å². The quantitative estimate of drug-likeness (QED) is 0.671. The van der Waals surface area contributed by atoms with Crippen LogP contribution in [0.25, 0.3) is 11.3 Å². The summed E-state index contributed by atoms with van der Waals surface area (Å²) in [5.74, 6) is 0.232. The normalized spacial score (nSPS) is 16.6. The van der Waals surface area contributed by atoms with Crippen LogP contribution in [0.1, 0.15) is 11.1 Å². The Bertz CT molecular complexity index is 830. The molecule has 9 heteroatoms. The van der Waals surface area contributed by atoms with Gasteiger partial charge in [-0.3, -0.25) is 9.78 Å². The topological polar surface area (TPSA) is 66.7 Å². The van der Waals surface area contributed by atoms with Gasteiger partial charge >= 0.3 is 6.18 Å². The van der Waals surface area contributed by atoms with Gasteiger partial charge in [0.25, 0.3) is 0 Å². The van der Waals surface area contributed by atoms with Crippen molar-refractivity contribution in [2.24, 2.45) is 10.2 Å². The van der Waals surface area contributed by atoms with Crippen LogP contribution in [0.15, 0.2) is 52.8 Å². The summed E-state index contributed by atoms with van der Waals surface area (Å²) >= 11 is 1.28. The summed E-state index contributed by atoms with van der Waals surface area (Å²) in [7, 11) is 0. The van der Waals surface area contributed by atoms with Gasteiger partial charge in [0, 0.05) is 11.8 Å². The first kappa shape index (κ1) is 17.2. The van der Waals surface area contributed by atoms with E-state index in [0.29, 0.717) is 22.2 Å². The van der Waals surface area contributed by atoms with Gasteiger partial charge in [-0.2, -0.15) is 18.3 Å². The smallest absolute Gasteiger partial charge is 0.303 e. The third kappa shape index (κ3) is 4.44. The standard InChI is InChI=1S/C16H11F3N4OS/c17-16(18,19)12-5-6-13(20-8-12)11-3-1-10(2-4-11)7-21-23-15-22-14(24)9-25-15/h1-8H,9H2,(H,22,23,24). The van der Waals surface area contributed by atoms with Gasteiger partial charge < -0.3 is 5.32 Å². The molecule has 2 heterocycles. The number of benzene rings is 1. The molecular weight excluding hydrogens is 353 g/mol. The average molecular weight is 364 g/mol. The molecule has 1 amide bonds. The lowest BCUT2D eigenvalue weighted by molar-refractivity contribution is -0.137. The van der Waals surface area contributed by atoms with Crippen molar-refractivity contribution in [2.45, 2.75) is 6.18 Å². The number of nitrogens with zero attached hydrogens (tertiary/aromatic N) is 3. The van der Waals surface area contributed by atoms with Crippen molar-refractivity contribution in [3.8, 4) is 11.3 Å². The Labute approximate surface area is 145 Å². The van der Waals surface area contributed by atoms with Crippen molar-refractivity contribution in [3.05, 3.63) is 53.7 Å². The Morgan fingerprint density at radius 1 is 1.16 bits per heavy atom. The van der Waals surface area contributed by atoms with Crippen molar-refractivity contribution >= 4 is 29.1 Å². The van der Waals surface area contributed by atoms with Gasteiger partial charge in [-0.15, -0.1) is 5.10 Å². The van der Waals surface area contributed by atoms with Crippen molar-refractivity contribution in [2.75, 3.05) is 5.75 Å². The number of carbonyl (C=O) groups is 1. The summed E-state index contributed by atoms with van der Waals surface area (Å²) in [5, 5.41) is 10.8. The Kier molecular flexibility index (Phi) is 4.84. The molecule has 0 saturated carbocycles. The van der Waals surface area contributed by atoms with E-state index in [2.05, 4.69) is 20.5 Å². The van der Waals surface area contributed by atoms with Crippen LogP contribution in [-0.2, 0) is 11.0 Å². The molecule has 1 aromatic heterocycles. The number of amides is 1. The minimum Gasteiger partial charge on any atom is -0.303 e. The number of alkyl halides is 3. The van der Waals surface area contributed by atoms with Crippen LogP contribution in [0.2, 0.25) is 0 Å². The zero-order valence-electron chi connectivity index (χ0n) is 12.6. The molecule has 0 spiro atoms. The van der Waals surface area contributed by atoms with Gasteiger partial charge in [0.2, 0.25) is 5.91 Å². The van der Waals surface area contributed by atoms with Crippen molar-refractivity contribution in [1.82, 2.24) is 10.3 Å². The van der Waals surface area contributed by atoms with Crippen LogP contribution in [0.3, 0.4) is 0 Å². The molecular formula is C16H11F3N4OS. The second-order valence-electron chi connectivity index (χ2n) is 5.04. The molecule has 1 fully saturated rings. The van der Waals surface area contributed by atoms with E-state index in [0.717, 1.165) is 17.8 Å². The van der Waals surface area contributed by atoms with E-state index >= 15 is 0 Å². The molecule has 128 valence electrons. The van der Waals surface area contributed by atoms with Crippen molar-refractivity contribution in [3.63, 3.8) is 0 Å². The predicted molar refractivity (Wildman–Crippen MR) is 90.3 cm³/mol. The molecule has 0 aliphatic carbocycles. The Morgan fingerprint density at radius 3 is 2.48 bits per heavy atom. The van der Waals surface area contributed by atoms with Crippen LogP contribution >= 0.6 is 11.8 Å². The highest BCUT2D eigenvalue weighted by molar-refractivity contribution is 8.15. The molecule has 1 aromatic carbocycles. The van der Waals surface area contributed by atoms with Crippen LogP contribution in [0, 0.1) is 0 Å². The third-order valence-corrected chi connectivity index (χ3v) is 4.10. The second kappa shape index (κ2) is 7.06. The van der Waals surface area contributed by atoms with Crippen molar-refractivity contribution in [1.29, 1.82) is 0 Å². The van der Waals surface area contributed by atoms with E-state index in [9.17, 15) is 18.0 Å². The van der Waals surface area contributed by atoms with Crippen LogP contribution in [-0.4, -0.2) is 28.0 Å². The molecule has 1 saturated heterocycles. The van der Waals surface area contributed by atoms with Gasteiger partial charge in [-0.05, 0) is 17.7 Å². The Balaban J connectivity index is 1.69. The first-order chi connectivity index (χ1) is 11.9. The number of amidine groups is 1. The molecule has 2 aromatic rings. The molecule has 3 rings (SSSR count). The van der Waals surface area contributed by atoms with E-state index in [1.54, 1.807) is 24.3 Å². The van der Waals surface area contributed by atoms with E-state index in [4.69, 9.17) is 0 Å². The number of carbonyl (C=O) groups excluding carboxylic acids is 1. The fourth-order valence-electron chi connectivity index (χ4n) is 2.00. The number of aromatic nitrogens is 1. The van der Waals surface area contributed by atoms with Gasteiger partial charge in [-0.1, -0.05) is 36.0 Å². The number of halogens is 3. The van der Waals surface area contributed by atoms with Crippen LogP contribution in [0.5, 0.6) is 0 Å². The molecule has 1 aliphatic rings. The summed E-state index contributed by atoms with van der Waals surface area (Å²) in [6, 6.07) is 9.29. The number of nitrogens with one attached hydrogen (secondary N) is 1. The minimum atomic E-state index is -4.40. The fourth-order valence-corrected chi connectivity index (χ4v) is 2.63. The van der Waals surface area contributed by atoms with E-state index < -0.39 is 11.7 Å². The number of pyridine rings is 1. The Hall–Kier alpha value is -2.68. The van der Waals surface area contributed by atoms with Gasteiger partial charge in [0.15, 0.2) is 5.17 Å². The third-order valence-electron chi connectivity index (χ3n) is 3.24. The highest BCUT2D eigenvalue weighted by Crippen LogP contribution is 2.29. The average Bonchev–Trinajstić information content (AvgIpc) is 3.00. The maximum atomic E-state index is 12.5. The van der Waals surface area contributed by atoms with E-state index in [1.165, 1.54) is 24.0 Å². The summed E-state index contributed by atoms with van der Waals surface area (Å²) in [6.45, 7) is 0. The van der Waals surface area contributed by atoms with E-state index in [-0.39, 0.29) is 5.91 Å². The summed E-state index contributed by atoms with van der Waals surface area (Å²) < 4.78 is 37.6. The maximum Gasteiger partial charge on any atom is 0.417 e. The molecule has 0 radical (unpaired) electrons. The highest BCUT2D eigenvalue weighted by atomic mass is 32.2. The maximum absolute atomic E-state index is 12.5.